The number of rotatable bonds is 4. The molecule has 12 rings (SSSR count). The zero-order chi connectivity index (χ0) is 44.3. The molecule has 7 aromatic carbocycles. The van der Waals surface area contributed by atoms with Gasteiger partial charge < -0.3 is 24.8 Å². The van der Waals surface area contributed by atoms with Gasteiger partial charge in [-0.2, -0.15) is 23.3 Å². The SMILES string of the molecule is CC(C)(C)c1cc2c([c-]c1-c1ccccc1)Cc1cc(-c3ccccc3)c(C(C)(C)C)cc1-2.C[C](=[Zr+2])c1ccc2ccccc2c1.Cc1cc(C2(C)C3CC4CC(C3)CC2C4)c[cH-]1.[Cl-].[Cl-]. The summed E-state index contributed by atoms with van der Waals surface area (Å²) in [6, 6.07) is 55.2. The molecule has 334 valence electrons. The van der Waals surface area contributed by atoms with Crippen LogP contribution in [0.15, 0.2) is 140 Å². The van der Waals surface area contributed by atoms with Gasteiger partial charge in [-0.25, -0.2) is 6.07 Å². The summed E-state index contributed by atoms with van der Waals surface area (Å²) in [5, 5.41) is 2.66. The van der Waals surface area contributed by atoms with Gasteiger partial charge in [0.25, 0.3) is 0 Å². The first kappa shape index (κ1) is 49.2. The predicted octanol–water partition coefficient (Wildman–Crippen LogP) is 10.3. The summed E-state index contributed by atoms with van der Waals surface area (Å²) < 4.78 is 1.46. The zero-order valence-electron chi connectivity index (χ0n) is 40.1. The number of benzene rings is 6. The predicted molar refractivity (Wildman–Crippen MR) is 267 cm³/mol. The van der Waals surface area contributed by atoms with Crippen molar-refractivity contribution in [3.8, 4) is 33.4 Å². The Labute approximate surface area is 418 Å². The number of hydrogen-bond acceptors (Lipinski definition) is 0. The number of fused-ring (bicyclic) bond motifs is 4. The van der Waals surface area contributed by atoms with Crippen LogP contribution in [-0.2, 0) is 46.9 Å². The molecule has 0 unspecified atom stereocenters. The van der Waals surface area contributed by atoms with Gasteiger partial charge in [0.15, 0.2) is 0 Å². The molecule has 5 aliphatic carbocycles. The van der Waals surface area contributed by atoms with Crippen molar-refractivity contribution >= 4 is 14.0 Å². The van der Waals surface area contributed by atoms with Gasteiger partial charge in [0, 0.05) is 0 Å². The molecular formula is C62H66Cl2Zr-2. The molecule has 7 aromatic rings. The van der Waals surface area contributed by atoms with E-state index in [1.807, 2.05) is 0 Å². The van der Waals surface area contributed by atoms with E-state index in [-0.39, 0.29) is 35.6 Å². The summed E-state index contributed by atoms with van der Waals surface area (Å²) in [6.07, 6.45) is 8.59. The first-order valence-electron chi connectivity index (χ1n) is 23.7. The van der Waals surface area contributed by atoms with Crippen LogP contribution in [0.1, 0.15) is 126 Å². The third kappa shape index (κ3) is 9.97. The molecule has 0 aliphatic heterocycles. The van der Waals surface area contributed by atoms with Gasteiger partial charge in [-0.15, -0.1) is 28.8 Å². The zero-order valence-corrected chi connectivity index (χ0v) is 44.1. The van der Waals surface area contributed by atoms with Crippen molar-refractivity contribution in [3.63, 3.8) is 0 Å². The summed E-state index contributed by atoms with van der Waals surface area (Å²) in [4.78, 5) is 0. The molecule has 65 heavy (non-hydrogen) atoms. The molecule has 0 heterocycles. The molecule has 0 aromatic heterocycles. The molecule has 0 spiro atoms. The van der Waals surface area contributed by atoms with Crippen LogP contribution < -0.4 is 24.8 Å². The minimum absolute atomic E-state index is 0. The molecule has 4 bridgehead atoms. The second-order valence-corrected chi connectivity index (χ2v) is 23.7. The second-order valence-electron chi connectivity index (χ2n) is 21.9. The molecule has 4 saturated carbocycles. The second kappa shape index (κ2) is 19.5. The van der Waals surface area contributed by atoms with Crippen molar-refractivity contribution in [2.75, 3.05) is 0 Å². The van der Waals surface area contributed by atoms with Crippen LogP contribution in [0.3, 0.4) is 0 Å². The Morgan fingerprint density at radius 3 is 1.72 bits per heavy atom. The summed E-state index contributed by atoms with van der Waals surface area (Å²) in [7, 11) is 0. The van der Waals surface area contributed by atoms with E-state index in [4.69, 9.17) is 0 Å². The van der Waals surface area contributed by atoms with Gasteiger partial charge in [-0.3, -0.25) is 0 Å². The van der Waals surface area contributed by atoms with Crippen molar-refractivity contribution in [2.24, 2.45) is 23.7 Å². The Kier molecular flexibility index (Phi) is 14.7. The van der Waals surface area contributed by atoms with E-state index in [1.165, 1.54) is 131 Å². The largest absolute Gasteiger partial charge is 1.00 e. The van der Waals surface area contributed by atoms with Crippen molar-refractivity contribution in [1.82, 2.24) is 0 Å². The minimum atomic E-state index is 0. The molecule has 0 radical (unpaired) electrons. The fourth-order valence-electron chi connectivity index (χ4n) is 12.1. The topological polar surface area (TPSA) is 0 Å². The Morgan fingerprint density at radius 1 is 0.615 bits per heavy atom. The fraction of sp³-hybridized carbons (Fsp3) is 0.355. The Morgan fingerprint density at radius 2 is 1.17 bits per heavy atom. The van der Waals surface area contributed by atoms with Crippen molar-refractivity contribution in [1.29, 1.82) is 0 Å². The maximum atomic E-state index is 3.88. The first-order chi connectivity index (χ1) is 30.1. The van der Waals surface area contributed by atoms with Crippen LogP contribution in [0, 0.1) is 36.7 Å². The van der Waals surface area contributed by atoms with Crippen molar-refractivity contribution < 1.29 is 49.0 Å². The summed E-state index contributed by atoms with van der Waals surface area (Å²) in [5.41, 5.74) is 18.5. The molecule has 3 heteroatoms. The van der Waals surface area contributed by atoms with Gasteiger partial charge in [-0.05, 0) is 95.3 Å². The third-order valence-corrected chi connectivity index (χ3v) is 16.1. The Bertz CT molecular complexity index is 2640. The van der Waals surface area contributed by atoms with Gasteiger partial charge in [0.2, 0.25) is 0 Å². The molecule has 0 amide bonds. The number of aryl methyl sites for hydroxylation is 1. The minimum Gasteiger partial charge on any atom is -1.00 e. The fourth-order valence-corrected chi connectivity index (χ4v) is 12.4. The molecule has 0 saturated heterocycles. The third-order valence-electron chi connectivity index (χ3n) is 15.4. The van der Waals surface area contributed by atoms with Crippen molar-refractivity contribution in [2.45, 2.75) is 117 Å². The molecule has 4 fully saturated rings. The van der Waals surface area contributed by atoms with Gasteiger partial charge in [0.05, 0.1) is 0 Å². The molecule has 5 aliphatic rings. The molecule has 0 N–H and O–H groups in total. The van der Waals surface area contributed by atoms with E-state index in [0.717, 1.165) is 30.1 Å². The standard InChI is InChI=1S/C33H33.C17H23.C12H10.2ClH.Zr/c1-32(2,3)30-20-26-24(18-28(30)22-13-9-7-10-14-22)17-25-19-29(23-15-11-8-12-16-23)31(21-27(25)26)33(4,5)6;1-11-3-4-14(5-11)17(2)15-7-12-6-13(9-15)10-16(17)8-12;1-2-10-7-8-11-5-3-4-6-12(11)9-10;;;/h7-16,18,20-21H,17H2,1-6H3;3-5,12-13,15-16H,6-10H2,1-2H3;3-9H,1H3;2*1H;/q2*-1;;;;+2/p-2. The molecule has 0 atom stereocenters. The maximum Gasteiger partial charge on any atom is -0.0407 e. The first-order valence-corrected chi connectivity index (χ1v) is 25.0. The van der Waals surface area contributed by atoms with E-state index in [1.54, 1.807) is 12.0 Å². The van der Waals surface area contributed by atoms with Gasteiger partial charge >= 0.3 is 93.2 Å². The molecular weight excluding hydrogens is 907 g/mol. The molecule has 0 nitrogen and oxygen atoms in total. The van der Waals surface area contributed by atoms with Crippen molar-refractivity contribution in [3.05, 3.63) is 185 Å². The van der Waals surface area contributed by atoms with E-state index in [2.05, 4.69) is 208 Å². The Balaban J connectivity index is 0.000000163. The van der Waals surface area contributed by atoms with Crippen LogP contribution >= 0.6 is 0 Å². The number of halogens is 2. The van der Waals surface area contributed by atoms with Crippen LogP contribution in [0.25, 0.3) is 44.2 Å². The average molecular weight is 973 g/mol. The summed E-state index contributed by atoms with van der Waals surface area (Å²) in [5.74, 6) is 4.14. The summed E-state index contributed by atoms with van der Waals surface area (Å²) >= 11 is 1.50. The van der Waals surface area contributed by atoms with E-state index >= 15 is 0 Å². The van der Waals surface area contributed by atoms with Crippen LogP contribution in [0.2, 0.25) is 0 Å². The monoisotopic (exact) mass is 970 g/mol. The quantitative estimate of drug-likeness (QED) is 0.154. The van der Waals surface area contributed by atoms with Crippen LogP contribution in [0.5, 0.6) is 0 Å². The van der Waals surface area contributed by atoms with E-state index in [9.17, 15) is 0 Å². The Hall–Kier alpha value is -3.74. The van der Waals surface area contributed by atoms with E-state index < -0.39 is 0 Å². The smallest absolute Gasteiger partial charge is 0.0407 e. The maximum absolute atomic E-state index is 3.88. The average Bonchev–Trinajstić information content (AvgIpc) is 3.87. The normalized spacial score (nSPS) is 21.2. The summed E-state index contributed by atoms with van der Waals surface area (Å²) in [6.45, 7) is 20.9. The van der Waals surface area contributed by atoms with Crippen LogP contribution in [0.4, 0.5) is 0 Å². The van der Waals surface area contributed by atoms with Crippen LogP contribution in [-0.4, -0.2) is 3.21 Å². The van der Waals surface area contributed by atoms with Gasteiger partial charge in [-0.1, -0.05) is 150 Å². The number of hydrogen-bond donors (Lipinski definition) is 0. The van der Waals surface area contributed by atoms with Gasteiger partial charge in [0.1, 0.15) is 0 Å². The van der Waals surface area contributed by atoms with E-state index in [0.29, 0.717) is 5.41 Å².